The van der Waals surface area contributed by atoms with Gasteiger partial charge in [-0.15, -0.1) is 0 Å². The molecule has 0 aromatic rings. The van der Waals surface area contributed by atoms with Crippen LogP contribution in [0.2, 0.25) is 0 Å². The smallest absolute Gasteiger partial charge is 0.308 e. The molecule has 4 atom stereocenters. The van der Waals surface area contributed by atoms with Crippen molar-refractivity contribution in [2.24, 2.45) is 11.8 Å². The highest BCUT2D eigenvalue weighted by Gasteiger charge is 2.37. The van der Waals surface area contributed by atoms with E-state index in [1.54, 1.807) is 0 Å². The molecule has 20 heavy (non-hydrogen) atoms. The Morgan fingerprint density at radius 1 is 1.10 bits per heavy atom. The molecule has 1 amide bonds. The second kappa shape index (κ2) is 6.12. The summed E-state index contributed by atoms with van der Waals surface area (Å²) >= 11 is 0. The first-order valence-electron chi connectivity index (χ1n) is 7.66. The van der Waals surface area contributed by atoms with E-state index in [1.807, 2.05) is 16.7 Å². The summed E-state index contributed by atoms with van der Waals surface area (Å²) in [5.74, 6) is -0.800. The number of nitrogens with zero attached hydrogens (tertiary/aromatic N) is 2. The number of hydrogen-bond acceptors (Lipinski definition) is 3. The number of carboxylic acid groups (broad SMARTS) is 1. The van der Waals surface area contributed by atoms with E-state index in [0.29, 0.717) is 31.7 Å². The molecule has 1 N–H and O–H groups in total. The van der Waals surface area contributed by atoms with E-state index in [9.17, 15) is 9.59 Å². The molecule has 114 valence electrons. The normalized spacial score (nSPS) is 35.2. The number of amides is 1. The van der Waals surface area contributed by atoms with Gasteiger partial charge in [-0.2, -0.15) is 0 Å². The molecule has 2 aliphatic heterocycles. The summed E-state index contributed by atoms with van der Waals surface area (Å²) in [4.78, 5) is 27.6. The molecule has 5 nitrogen and oxygen atoms in total. The van der Waals surface area contributed by atoms with Crippen LogP contribution in [0.5, 0.6) is 0 Å². The molecule has 0 spiro atoms. The van der Waals surface area contributed by atoms with Crippen LogP contribution in [0.4, 0.5) is 0 Å². The van der Waals surface area contributed by atoms with Gasteiger partial charge in [0, 0.05) is 25.2 Å². The minimum Gasteiger partial charge on any atom is -0.481 e. The SMILES string of the molecule is CC1CN(CC(=O)N2C(C)CCCC2C)CC1C(=O)O. The quantitative estimate of drug-likeness (QED) is 0.850. The highest BCUT2D eigenvalue weighted by molar-refractivity contribution is 5.79. The third-order valence-corrected chi connectivity index (χ3v) is 4.85. The lowest BCUT2D eigenvalue weighted by atomic mass is 9.97. The highest BCUT2D eigenvalue weighted by Crippen LogP contribution is 2.25. The first kappa shape index (κ1) is 15.3. The monoisotopic (exact) mass is 282 g/mol. The van der Waals surface area contributed by atoms with Gasteiger partial charge < -0.3 is 10.0 Å². The van der Waals surface area contributed by atoms with Gasteiger partial charge >= 0.3 is 5.97 Å². The maximum atomic E-state index is 12.5. The number of piperidine rings is 1. The van der Waals surface area contributed by atoms with Crippen LogP contribution in [0.15, 0.2) is 0 Å². The first-order chi connectivity index (χ1) is 9.40. The van der Waals surface area contributed by atoms with Crippen molar-refractivity contribution in [1.82, 2.24) is 9.80 Å². The Bertz CT molecular complexity index is 375. The minimum atomic E-state index is -0.743. The first-order valence-corrected chi connectivity index (χ1v) is 7.66. The number of carbonyl (C=O) groups is 2. The van der Waals surface area contributed by atoms with Crippen molar-refractivity contribution >= 4 is 11.9 Å². The van der Waals surface area contributed by atoms with Crippen LogP contribution in [0.25, 0.3) is 0 Å². The number of aliphatic carboxylic acids is 1. The molecule has 5 heteroatoms. The van der Waals surface area contributed by atoms with Gasteiger partial charge in [-0.25, -0.2) is 0 Å². The zero-order chi connectivity index (χ0) is 14.9. The van der Waals surface area contributed by atoms with Gasteiger partial charge in [0.25, 0.3) is 0 Å². The van der Waals surface area contributed by atoms with E-state index in [2.05, 4.69) is 13.8 Å². The van der Waals surface area contributed by atoms with E-state index >= 15 is 0 Å². The summed E-state index contributed by atoms with van der Waals surface area (Å²) in [6, 6.07) is 0.614. The van der Waals surface area contributed by atoms with Crippen LogP contribution >= 0.6 is 0 Å². The van der Waals surface area contributed by atoms with E-state index in [-0.39, 0.29) is 17.7 Å². The third-order valence-electron chi connectivity index (χ3n) is 4.85. The van der Waals surface area contributed by atoms with Crippen molar-refractivity contribution in [1.29, 1.82) is 0 Å². The Hall–Kier alpha value is -1.10. The van der Waals surface area contributed by atoms with Crippen LogP contribution < -0.4 is 0 Å². The molecule has 2 fully saturated rings. The molecule has 0 bridgehead atoms. The Balaban J connectivity index is 1.93. The topological polar surface area (TPSA) is 60.9 Å². The molecule has 2 rings (SSSR count). The van der Waals surface area contributed by atoms with E-state index in [4.69, 9.17) is 5.11 Å². The van der Waals surface area contributed by atoms with Crippen molar-refractivity contribution < 1.29 is 14.7 Å². The Morgan fingerprint density at radius 2 is 1.70 bits per heavy atom. The summed E-state index contributed by atoms with van der Waals surface area (Å²) in [5.41, 5.74) is 0. The minimum absolute atomic E-state index is 0.122. The maximum Gasteiger partial charge on any atom is 0.308 e. The van der Waals surface area contributed by atoms with E-state index < -0.39 is 5.97 Å². The lowest BCUT2D eigenvalue weighted by molar-refractivity contribution is -0.143. The molecule has 0 aromatic heterocycles. The zero-order valence-corrected chi connectivity index (χ0v) is 12.7. The van der Waals surface area contributed by atoms with Crippen LogP contribution in [0, 0.1) is 11.8 Å². The number of carboxylic acids is 1. The summed E-state index contributed by atoms with van der Waals surface area (Å²) in [6.07, 6.45) is 3.34. The molecule has 0 aromatic carbocycles. The number of hydrogen-bond donors (Lipinski definition) is 1. The molecule has 0 saturated carbocycles. The van der Waals surface area contributed by atoms with Gasteiger partial charge in [0.2, 0.25) is 5.91 Å². The molecule has 2 aliphatic rings. The Labute approximate surface area is 120 Å². The van der Waals surface area contributed by atoms with Crippen LogP contribution in [-0.4, -0.2) is 58.5 Å². The lowest BCUT2D eigenvalue weighted by Crippen LogP contribution is -2.50. The van der Waals surface area contributed by atoms with Crippen LogP contribution in [0.3, 0.4) is 0 Å². The molecule has 0 radical (unpaired) electrons. The predicted octanol–water partition coefficient (Wildman–Crippen LogP) is 1.43. The molecule has 2 heterocycles. The number of carbonyl (C=O) groups excluding carboxylic acids is 1. The second-order valence-corrected chi connectivity index (χ2v) is 6.55. The summed E-state index contributed by atoms with van der Waals surface area (Å²) in [5, 5.41) is 9.15. The van der Waals surface area contributed by atoms with Crippen molar-refractivity contribution in [2.45, 2.75) is 52.1 Å². The van der Waals surface area contributed by atoms with Gasteiger partial charge in [-0.05, 0) is 39.0 Å². The molecule has 2 saturated heterocycles. The predicted molar refractivity (Wildman–Crippen MR) is 76.4 cm³/mol. The van der Waals surface area contributed by atoms with Gasteiger partial charge in [0.1, 0.15) is 0 Å². The van der Waals surface area contributed by atoms with Gasteiger partial charge in [-0.1, -0.05) is 6.92 Å². The lowest BCUT2D eigenvalue weighted by Gasteiger charge is -2.39. The van der Waals surface area contributed by atoms with Gasteiger partial charge in [0.15, 0.2) is 0 Å². The summed E-state index contributed by atoms with van der Waals surface area (Å²) in [6.45, 7) is 7.75. The van der Waals surface area contributed by atoms with Crippen molar-refractivity contribution in [3.63, 3.8) is 0 Å². The Kier molecular flexibility index (Phi) is 4.68. The number of rotatable bonds is 3. The maximum absolute atomic E-state index is 12.5. The largest absolute Gasteiger partial charge is 0.481 e. The van der Waals surface area contributed by atoms with Crippen LogP contribution in [0.1, 0.15) is 40.0 Å². The molecule has 0 aliphatic carbocycles. The fourth-order valence-corrected chi connectivity index (χ4v) is 3.70. The molecular weight excluding hydrogens is 256 g/mol. The Morgan fingerprint density at radius 3 is 2.20 bits per heavy atom. The van der Waals surface area contributed by atoms with Crippen molar-refractivity contribution in [3.8, 4) is 0 Å². The average molecular weight is 282 g/mol. The van der Waals surface area contributed by atoms with Gasteiger partial charge in [-0.3, -0.25) is 14.5 Å². The fraction of sp³-hybridized carbons (Fsp3) is 0.867. The van der Waals surface area contributed by atoms with Crippen LogP contribution in [-0.2, 0) is 9.59 Å². The fourth-order valence-electron chi connectivity index (χ4n) is 3.70. The van der Waals surface area contributed by atoms with Crippen molar-refractivity contribution in [2.75, 3.05) is 19.6 Å². The van der Waals surface area contributed by atoms with Crippen molar-refractivity contribution in [3.05, 3.63) is 0 Å². The summed E-state index contributed by atoms with van der Waals surface area (Å²) < 4.78 is 0. The molecular formula is C15H26N2O3. The molecule has 4 unspecified atom stereocenters. The average Bonchev–Trinajstić information content (AvgIpc) is 2.70. The van der Waals surface area contributed by atoms with E-state index in [1.165, 1.54) is 6.42 Å². The zero-order valence-electron chi connectivity index (χ0n) is 12.7. The summed E-state index contributed by atoms with van der Waals surface area (Å²) in [7, 11) is 0. The third kappa shape index (κ3) is 3.14. The number of likely N-dealkylation sites (tertiary alicyclic amines) is 2. The standard InChI is InChI=1S/C15H26N2O3/c1-10-7-16(8-13(10)15(19)20)9-14(18)17-11(2)5-4-6-12(17)3/h10-13H,4-9H2,1-3H3,(H,19,20). The highest BCUT2D eigenvalue weighted by atomic mass is 16.4. The van der Waals surface area contributed by atoms with E-state index in [0.717, 1.165) is 12.8 Å². The second-order valence-electron chi connectivity index (χ2n) is 6.55. The van der Waals surface area contributed by atoms with Gasteiger partial charge in [0.05, 0.1) is 12.5 Å².